The highest BCUT2D eigenvalue weighted by Crippen LogP contribution is 2.59. The van der Waals surface area contributed by atoms with Gasteiger partial charge >= 0.3 is 12.4 Å². The van der Waals surface area contributed by atoms with Crippen molar-refractivity contribution in [2.24, 2.45) is 5.92 Å². The van der Waals surface area contributed by atoms with Gasteiger partial charge in [-0.2, -0.15) is 26.3 Å². The Kier molecular flexibility index (Phi) is 3.19. The van der Waals surface area contributed by atoms with E-state index in [9.17, 15) is 26.3 Å². The molecule has 1 saturated heterocycles. The van der Waals surface area contributed by atoms with Crippen LogP contribution in [0.3, 0.4) is 0 Å². The molecule has 4 atom stereocenters. The Morgan fingerprint density at radius 1 is 1.17 bits per heavy atom. The number of piperidine rings is 1. The van der Waals surface area contributed by atoms with Crippen LogP contribution >= 0.6 is 15.9 Å². The van der Waals surface area contributed by atoms with Crippen molar-refractivity contribution in [1.29, 1.82) is 0 Å². The quantitative estimate of drug-likeness (QED) is 0.584. The summed E-state index contributed by atoms with van der Waals surface area (Å²) in [5, 5.41) is 1.71. The number of hydrogen-bond acceptors (Lipinski definition) is 2. The zero-order valence-electron chi connectivity index (χ0n) is 9.07. The molecular weight excluding hydrogens is 332 g/mol. The molecule has 1 unspecified atom stereocenters. The van der Waals surface area contributed by atoms with E-state index in [1.165, 1.54) is 7.11 Å². The van der Waals surface area contributed by atoms with Crippen LogP contribution in [0.1, 0.15) is 6.42 Å². The molecule has 0 aromatic rings. The van der Waals surface area contributed by atoms with Crippen molar-refractivity contribution >= 4 is 15.9 Å². The predicted molar refractivity (Wildman–Crippen MR) is 53.4 cm³/mol. The van der Waals surface area contributed by atoms with Crippen LogP contribution in [-0.4, -0.2) is 42.0 Å². The van der Waals surface area contributed by atoms with Gasteiger partial charge in [0.05, 0.1) is 6.10 Å². The first-order valence-electron chi connectivity index (χ1n) is 5.14. The SMILES string of the molecule is CO[C@@H]1C[C@@H]2C(Br)[C@H]1NC2(C(F)(F)F)C(F)(F)F. The standard InChI is InChI=1S/C9H10BrF6NO/c1-18-4-2-3-5(10)6(4)17-7(3,8(11,12)13)9(14,15)16/h3-6,17H,2H2,1H3/t3-,4-,5?,6+/m1/s1. The van der Waals surface area contributed by atoms with Gasteiger partial charge in [-0.05, 0) is 6.42 Å². The van der Waals surface area contributed by atoms with E-state index in [-0.39, 0.29) is 6.42 Å². The molecule has 1 aliphatic carbocycles. The maximum Gasteiger partial charge on any atom is 0.415 e. The van der Waals surface area contributed by atoms with Crippen molar-refractivity contribution in [3.05, 3.63) is 0 Å². The number of hydrogen-bond donors (Lipinski definition) is 1. The lowest BCUT2D eigenvalue weighted by atomic mass is 9.82. The summed E-state index contributed by atoms with van der Waals surface area (Å²) >= 11 is 2.93. The van der Waals surface area contributed by atoms with Gasteiger partial charge in [0.1, 0.15) is 0 Å². The minimum Gasteiger partial charge on any atom is -0.380 e. The molecular formula is C9H10BrF6NO. The molecule has 0 aromatic carbocycles. The van der Waals surface area contributed by atoms with Gasteiger partial charge in [-0.3, -0.25) is 5.32 Å². The van der Waals surface area contributed by atoms with E-state index < -0.39 is 40.8 Å². The van der Waals surface area contributed by atoms with Gasteiger partial charge in [0.15, 0.2) is 0 Å². The Balaban J connectivity index is 2.44. The second-order valence-corrected chi connectivity index (χ2v) is 5.59. The predicted octanol–water partition coefficient (Wildman–Crippen LogP) is 2.62. The maximum absolute atomic E-state index is 12.9. The van der Waals surface area contributed by atoms with E-state index in [1.807, 2.05) is 0 Å². The molecule has 2 bridgehead atoms. The number of nitrogens with one attached hydrogen (secondary N) is 1. The van der Waals surface area contributed by atoms with Crippen LogP contribution in [-0.2, 0) is 4.74 Å². The van der Waals surface area contributed by atoms with Gasteiger partial charge in [-0.15, -0.1) is 0 Å². The van der Waals surface area contributed by atoms with Gasteiger partial charge in [-0.25, -0.2) is 0 Å². The van der Waals surface area contributed by atoms with Crippen molar-refractivity contribution in [1.82, 2.24) is 5.32 Å². The third-order valence-electron chi connectivity index (χ3n) is 3.76. The van der Waals surface area contributed by atoms with E-state index in [2.05, 4.69) is 15.9 Å². The molecule has 2 fully saturated rings. The van der Waals surface area contributed by atoms with E-state index in [4.69, 9.17) is 4.74 Å². The van der Waals surface area contributed by atoms with Crippen LogP contribution in [0.2, 0.25) is 0 Å². The molecule has 1 aliphatic heterocycles. The van der Waals surface area contributed by atoms with E-state index in [0.717, 1.165) is 0 Å². The average molecular weight is 342 g/mol. The van der Waals surface area contributed by atoms with Crippen LogP contribution < -0.4 is 5.32 Å². The third-order valence-corrected chi connectivity index (χ3v) is 4.97. The molecule has 1 saturated carbocycles. The number of alkyl halides is 7. The molecule has 1 N–H and O–H groups in total. The summed E-state index contributed by atoms with van der Waals surface area (Å²) in [6, 6.07) is -0.997. The minimum absolute atomic E-state index is 0.275. The van der Waals surface area contributed by atoms with Gasteiger partial charge in [0, 0.05) is 23.9 Å². The Labute approximate surface area is 107 Å². The Hall–Kier alpha value is -0.0200. The number of methoxy groups -OCH3 is 1. The van der Waals surface area contributed by atoms with Crippen molar-refractivity contribution in [3.8, 4) is 0 Å². The number of ether oxygens (including phenoxy) is 1. The van der Waals surface area contributed by atoms with Crippen molar-refractivity contribution in [3.63, 3.8) is 0 Å². The lowest BCUT2D eigenvalue weighted by molar-refractivity contribution is -0.321. The second kappa shape index (κ2) is 3.99. The zero-order chi connectivity index (χ0) is 13.9. The van der Waals surface area contributed by atoms with Gasteiger partial charge in [-0.1, -0.05) is 15.9 Å². The number of fused-ring (bicyclic) bond motifs is 2. The average Bonchev–Trinajstić information content (AvgIpc) is 2.67. The first-order valence-corrected chi connectivity index (χ1v) is 6.06. The van der Waals surface area contributed by atoms with Gasteiger partial charge < -0.3 is 4.74 Å². The highest BCUT2D eigenvalue weighted by molar-refractivity contribution is 9.09. The maximum atomic E-state index is 12.9. The Morgan fingerprint density at radius 2 is 1.67 bits per heavy atom. The summed E-state index contributed by atoms with van der Waals surface area (Å²) < 4.78 is 82.5. The van der Waals surface area contributed by atoms with Gasteiger partial charge in [0.2, 0.25) is 5.54 Å². The molecule has 9 heteroatoms. The first kappa shape index (κ1) is 14.4. The fraction of sp³-hybridized carbons (Fsp3) is 1.00. The molecule has 0 aromatic heterocycles. The van der Waals surface area contributed by atoms with Crippen LogP contribution in [0.5, 0.6) is 0 Å². The van der Waals surface area contributed by atoms with Gasteiger partial charge in [0.25, 0.3) is 0 Å². The number of rotatable bonds is 1. The minimum atomic E-state index is -5.39. The third kappa shape index (κ3) is 1.62. The van der Waals surface area contributed by atoms with E-state index in [1.54, 1.807) is 5.32 Å². The molecule has 2 rings (SSSR count). The smallest absolute Gasteiger partial charge is 0.380 e. The molecule has 0 radical (unpaired) electrons. The first-order chi connectivity index (χ1) is 8.06. The van der Waals surface area contributed by atoms with Crippen molar-refractivity contribution < 1.29 is 31.1 Å². The largest absolute Gasteiger partial charge is 0.415 e. The zero-order valence-corrected chi connectivity index (χ0v) is 10.7. The molecule has 0 amide bonds. The van der Waals surface area contributed by atoms with Crippen LogP contribution in [0, 0.1) is 5.92 Å². The summed E-state index contributed by atoms with van der Waals surface area (Å²) in [5.74, 6) is -1.62. The Morgan fingerprint density at radius 3 is 1.94 bits per heavy atom. The second-order valence-electron chi connectivity index (χ2n) is 4.53. The summed E-state index contributed by atoms with van der Waals surface area (Å²) in [6.45, 7) is 0. The molecule has 2 aliphatic rings. The number of halogens is 7. The lowest BCUT2D eigenvalue weighted by Crippen LogP contribution is -2.70. The normalized spacial score (nSPS) is 39.3. The van der Waals surface area contributed by atoms with Crippen molar-refractivity contribution in [2.45, 2.75) is 41.3 Å². The molecule has 18 heavy (non-hydrogen) atoms. The molecule has 106 valence electrons. The van der Waals surface area contributed by atoms with Crippen LogP contribution in [0.25, 0.3) is 0 Å². The summed E-state index contributed by atoms with van der Waals surface area (Å²) in [6.07, 6.45) is -11.7. The fourth-order valence-electron chi connectivity index (χ4n) is 2.93. The van der Waals surface area contributed by atoms with E-state index >= 15 is 0 Å². The molecule has 0 spiro atoms. The fourth-order valence-corrected chi connectivity index (χ4v) is 4.01. The summed E-state index contributed by atoms with van der Waals surface area (Å²) in [5.41, 5.74) is -3.84. The molecule has 1 heterocycles. The summed E-state index contributed by atoms with van der Waals surface area (Å²) in [7, 11) is 1.27. The van der Waals surface area contributed by atoms with Crippen LogP contribution in [0.15, 0.2) is 0 Å². The monoisotopic (exact) mass is 341 g/mol. The van der Waals surface area contributed by atoms with E-state index in [0.29, 0.717) is 0 Å². The topological polar surface area (TPSA) is 21.3 Å². The van der Waals surface area contributed by atoms with Crippen LogP contribution in [0.4, 0.5) is 26.3 Å². The molecule has 2 nitrogen and oxygen atoms in total. The lowest BCUT2D eigenvalue weighted by Gasteiger charge is -2.42. The van der Waals surface area contributed by atoms with Crippen molar-refractivity contribution in [2.75, 3.05) is 7.11 Å². The highest BCUT2D eigenvalue weighted by Gasteiger charge is 2.81. The Bertz CT molecular complexity index is 329. The highest BCUT2D eigenvalue weighted by atomic mass is 79.9. The summed E-state index contributed by atoms with van der Waals surface area (Å²) in [4.78, 5) is -0.911.